The maximum absolute atomic E-state index is 12.0. The van der Waals surface area contributed by atoms with Crippen LogP contribution in [0.25, 0.3) is 0 Å². The van der Waals surface area contributed by atoms with Gasteiger partial charge in [-0.2, -0.15) is 0 Å². The summed E-state index contributed by atoms with van der Waals surface area (Å²) in [6.45, 7) is 8.72. The van der Waals surface area contributed by atoms with Crippen molar-refractivity contribution in [2.24, 2.45) is 0 Å². The number of quaternary nitrogens is 1. The number of hydrogen-bond acceptors (Lipinski definition) is 10. The molecule has 0 radical (unpaired) electrons. The molecule has 0 saturated carbocycles. The van der Waals surface area contributed by atoms with Crippen molar-refractivity contribution in [2.45, 2.75) is 155 Å². The predicted octanol–water partition coefficient (Wildman–Crippen LogP) is 2.65. The number of likely N-dealkylation sites (N-methyl/N-ethyl adjacent to an activating group) is 1. The van der Waals surface area contributed by atoms with E-state index in [2.05, 4.69) is 21.0 Å². The number of carbonyl (C=O) groups excluding carboxylic acids is 4. The van der Waals surface area contributed by atoms with Crippen LogP contribution in [0.15, 0.2) is 0 Å². The highest BCUT2D eigenvalue weighted by molar-refractivity contribution is 5.68. The zero-order valence-corrected chi connectivity index (χ0v) is 31.1. The fourth-order valence-corrected chi connectivity index (χ4v) is 5.59. The van der Waals surface area contributed by atoms with Crippen molar-refractivity contribution in [3.63, 3.8) is 0 Å². The number of carbonyl (C=O) groups is 4. The van der Waals surface area contributed by atoms with E-state index >= 15 is 0 Å². The Morgan fingerprint density at radius 3 is 1.48 bits per heavy atom. The van der Waals surface area contributed by atoms with Crippen LogP contribution in [0.4, 0.5) is 0 Å². The molecule has 11 nitrogen and oxygen atoms in total. The lowest BCUT2D eigenvalue weighted by Crippen LogP contribution is -3.00. The zero-order valence-electron chi connectivity index (χ0n) is 29.5. The van der Waals surface area contributed by atoms with Crippen LogP contribution in [0.2, 0.25) is 0 Å². The average molecular weight is 725 g/mol. The van der Waals surface area contributed by atoms with Crippen molar-refractivity contribution >= 4 is 23.9 Å². The average Bonchev–Trinajstić information content (AvgIpc) is 2.94. The van der Waals surface area contributed by atoms with Crippen molar-refractivity contribution in [3.05, 3.63) is 0 Å². The van der Waals surface area contributed by atoms with Crippen molar-refractivity contribution in [1.29, 1.82) is 0 Å². The molecule has 0 spiro atoms. The molecular formula is C34H62BrNO10. The normalized spacial score (nSPS) is 21.2. The van der Waals surface area contributed by atoms with Crippen molar-refractivity contribution < 1.29 is 69.1 Å². The lowest BCUT2D eigenvalue weighted by Gasteiger charge is -2.44. The molecule has 0 aromatic carbocycles. The van der Waals surface area contributed by atoms with Gasteiger partial charge in [-0.15, -0.1) is 0 Å². The van der Waals surface area contributed by atoms with Gasteiger partial charge in [0.05, 0.1) is 27.2 Å². The summed E-state index contributed by atoms with van der Waals surface area (Å²) < 4.78 is 34.3. The van der Waals surface area contributed by atoms with E-state index in [1.54, 1.807) is 0 Å². The molecule has 0 bridgehead atoms. The van der Waals surface area contributed by atoms with Crippen molar-refractivity contribution in [2.75, 3.05) is 40.4 Å². The van der Waals surface area contributed by atoms with Gasteiger partial charge in [0.1, 0.15) is 19.3 Å². The summed E-state index contributed by atoms with van der Waals surface area (Å²) in [5.74, 6) is -2.56. The molecule has 0 unspecified atom stereocenters. The Bertz CT molecular complexity index is 871. The van der Waals surface area contributed by atoms with Crippen molar-refractivity contribution in [3.8, 4) is 0 Å². The lowest BCUT2D eigenvalue weighted by molar-refractivity contribution is -0.891. The molecule has 0 aliphatic carbocycles. The maximum atomic E-state index is 12.0. The van der Waals surface area contributed by atoms with E-state index in [9.17, 15) is 19.2 Å². The smallest absolute Gasteiger partial charge is 0.303 e. The summed E-state index contributed by atoms with van der Waals surface area (Å²) in [5.41, 5.74) is 0. The Labute approximate surface area is 288 Å². The van der Waals surface area contributed by atoms with Gasteiger partial charge in [0.25, 0.3) is 0 Å². The van der Waals surface area contributed by atoms with Crippen LogP contribution >= 0.6 is 0 Å². The van der Waals surface area contributed by atoms with E-state index in [0.29, 0.717) is 6.54 Å². The molecule has 0 N–H and O–H groups in total. The van der Waals surface area contributed by atoms with Crippen LogP contribution in [0.5, 0.6) is 0 Å². The first kappa shape index (κ1) is 44.2. The maximum Gasteiger partial charge on any atom is 0.303 e. The topological polar surface area (TPSA) is 124 Å². The van der Waals surface area contributed by atoms with Gasteiger partial charge in [0.15, 0.2) is 24.6 Å². The molecule has 1 aliphatic heterocycles. The highest BCUT2D eigenvalue weighted by Crippen LogP contribution is 2.30. The predicted molar refractivity (Wildman–Crippen MR) is 170 cm³/mol. The third-order valence-electron chi connectivity index (χ3n) is 8.04. The summed E-state index contributed by atoms with van der Waals surface area (Å²) >= 11 is 0. The molecule has 1 saturated heterocycles. The fraction of sp³-hybridized carbons (Fsp3) is 0.882. The standard InChI is InChI=1S/C34H62NO10.BrH/c1-8-9-10-11-12-13-14-15-16-17-18-19-20-21-22-35(6,7)23-24-40-34-33(44-29(5)39)32(43-28(4)38)31(42-27(3)37)30(45-34)25-41-26(2)36;/h30-34H,8-25H2,1-7H3;1H/q+1;/p-1/t30-,31-,32+,33-,34-;/m1./s1. The van der Waals surface area contributed by atoms with Crippen LogP contribution in [0, 0.1) is 0 Å². The van der Waals surface area contributed by atoms with Gasteiger partial charge in [-0.05, 0) is 12.8 Å². The molecule has 0 aromatic rings. The second-order valence-electron chi connectivity index (χ2n) is 12.9. The number of rotatable bonds is 24. The minimum Gasteiger partial charge on any atom is -1.00 e. The minimum atomic E-state index is -1.23. The lowest BCUT2D eigenvalue weighted by atomic mass is 9.98. The Hall–Kier alpha value is -1.76. The second kappa shape index (κ2) is 25.3. The van der Waals surface area contributed by atoms with Gasteiger partial charge in [0.2, 0.25) is 0 Å². The van der Waals surface area contributed by atoms with E-state index in [1.165, 1.54) is 111 Å². The first-order valence-corrected chi connectivity index (χ1v) is 17.1. The summed E-state index contributed by atoms with van der Waals surface area (Å²) in [6.07, 6.45) is 12.7. The van der Waals surface area contributed by atoms with Crippen LogP contribution in [-0.4, -0.2) is 99.5 Å². The Kier molecular flexibility index (Phi) is 24.3. The molecule has 270 valence electrons. The van der Waals surface area contributed by atoms with Gasteiger partial charge in [-0.1, -0.05) is 84.0 Å². The molecule has 1 heterocycles. The second-order valence-corrected chi connectivity index (χ2v) is 12.9. The Morgan fingerprint density at radius 2 is 1.02 bits per heavy atom. The largest absolute Gasteiger partial charge is 1.00 e. The molecule has 12 heteroatoms. The van der Waals surface area contributed by atoms with Gasteiger partial charge in [-0.3, -0.25) is 19.2 Å². The summed E-state index contributed by atoms with van der Waals surface area (Å²) in [7, 11) is 4.28. The van der Waals surface area contributed by atoms with Crippen LogP contribution in [-0.2, 0) is 47.6 Å². The van der Waals surface area contributed by atoms with E-state index in [1.807, 2.05) is 0 Å². The number of ether oxygens (including phenoxy) is 6. The van der Waals surface area contributed by atoms with Crippen LogP contribution in [0.3, 0.4) is 0 Å². The molecule has 46 heavy (non-hydrogen) atoms. The molecule has 0 aromatic heterocycles. The highest BCUT2D eigenvalue weighted by Gasteiger charge is 2.52. The summed E-state index contributed by atoms with van der Waals surface area (Å²) in [4.78, 5) is 47.4. The highest BCUT2D eigenvalue weighted by atomic mass is 79.9. The monoisotopic (exact) mass is 723 g/mol. The molecule has 0 amide bonds. The SMILES string of the molecule is CCCCCCCCCCCCCCCC[N+](C)(C)CCO[C@@H]1O[C@H](COC(C)=O)[C@@H](OC(C)=O)[C@H](OC(C)=O)[C@H]1OC(C)=O.[Br-]. The Morgan fingerprint density at radius 1 is 0.587 bits per heavy atom. The van der Waals surface area contributed by atoms with Gasteiger partial charge in [0, 0.05) is 27.7 Å². The number of nitrogens with zero attached hydrogens (tertiary/aromatic N) is 1. The van der Waals surface area contributed by atoms with E-state index in [0.717, 1.165) is 17.4 Å². The number of hydrogen-bond donors (Lipinski definition) is 0. The molecule has 1 aliphatic rings. The first-order chi connectivity index (χ1) is 21.4. The first-order valence-electron chi connectivity index (χ1n) is 17.1. The quantitative estimate of drug-likeness (QED) is 0.0636. The van der Waals surface area contributed by atoms with Crippen LogP contribution in [0.1, 0.15) is 125 Å². The number of halogens is 1. The molecule has 1 fully saturated rings. The Balaban J connectivity index is 0.0000202. The zero-order chi connectivity index (χ0) is 33.7. The third-order valence-corrected chi connectivity index (χ3v) is 8.04. The molecule has 1 rings (SSSR count). The molecular weight excluding hydrogens is 662 g/mol. The van der Waals surface area contributed by atoms with Gasteiger partial charge < -0.3 is 49.9 Å². The van der Waals surface area contributed by atoms with E-state index < -0.39 is 54.6 Å². The minimum absolute atomic E-state index is 0. The van der Waals surface area contributed by atoms with Gasteiger partial charge in [-0.25, -0.2) is 0 Å². The number of unbranched alkanes of at least 4 members (excludes halogenated alkanes) is 13. The van der Waals surface area contributed by atoms with E-state index in [-0.39, 0.29) is 30.2 Å². The third kappa shape index (κ3) is 20.5. The number of esters is 4. The molecule has 5 atom stereocenters. The van der Waals surface area contributed by atoms with Crippen molar-refractivity contribution in [1.82, 2.24) is 0 Å². The van der Waals surface area contributed by atoms with E-state index in [4.69, 9.17) is 28.4 Å². The van der Waals surface area contributed by atoms with Crippen LogP contribution < -0.4 is 17.0 Å². The summed E-state index contributed by atoms with van der Waals surface area (Å²) in [6, 6.07) is 0. The fourth-order valence-electron chi connectivity index (χ4n) is 5.59. The van der Waals surface area contributed by atoms with Gasteiger partial charge >= 0.3 is 23.9 Å². The summed E-state index contributed by atoms with van der Waals surface area (Å²) in [5, 5.41) is 0.